The molecule has 6 heteroatoms. The van der Waals surface area contributed by atoms with Gasteiger partial charge in [0, 0.05) is 24.5 Å². The highest BCUT2D eigenvalue weighted by Gasteiger charge is 2.08. The molecular weight excluding hydrogens is 290 g/mol. The van der Waals surface area contributed by atoms with Gasteiger partial charge in [0.15, 0.2) is 0 Å². The fraction of sp³-hybridized carbons (Fsp3) is 0.133. The average molecular weight is 304 g/mol. The molecule has 2 aromatic rings. The van der Waals surface area contributed by atoms with Crippen molar-refractivity contribution in [2.24, 2.45) is 0 Å². The number of hydrogen-bond donors (Lipinski definition) is 2. The van der Waals surface area contributed by atoms with Crippen molar-refractivity contribution in [1.29, 1.82) is 0 Å². The summed E-state index contributed by atoms with van der Waals surface area (Å²) in [5.41, 5.74) is 2.57. The van der Waals surface area contributed by atoms with Gasteiger partial charge < -0.3 is 10.6 Å². The first-order valence-electron chi connectivity index (χ1n) is 6.27. The van der Waals surface area contributed by atoms with Gasteiger partial charge in [-0.1, -0.05) is 17.7 Å². The predicted molar refractivity (Wildman–Crippen MR) is 82.7 cm³/mol. The summed E-state index contributed by atoms with van der Waals surface area (Å²) in [6.07, 6.45) is 1.40. The highest BCUT2D eigenvalue weighted by molar-refractivity contribution is 6.29. The van der Waals surface area contributed by atoms with E-state index < -0.39 is 0 Å². The lowest BCUT2D eigenvalue weighted by Crippen LogP contribution is -2.13. The van der Waals surface area contributed by atoms with E-state index in [-0.39, 0.29) is 11.8 Å². The topological polar surface area (TPSA) is 71.1 Å². The van der Waals surface area contributed by atoms with Crippen LogP contribution in [0.2, 0.25) is 5.15 Å². The third-order valence-corrected chi connectivity index (χ3v) is 3.02. The Morgan fingerprint density at radius 1 is 1.14 bits per heavy atom. The minimum absolute atomic E-state index is 0.163. The Balaban J connectivity index is 2.17. The number of aryl methyl sites for hydroxylation is 1. The highest BCUT2D eigenvalue weighted by Crippen LogP contribution is 2.21. The molecule has 0 bridgehead atoms. The second kappa shape index (κ2) is 6.37. The number of hydrogen-bond acceptors (Lipinski definition) is 3. The molecule has 0 saturated carbocycles. The molecule has 2 amide bonds. The summed E-state index contributed by atoms with van der Waals surface area (Å²) in [6.45, 7) is 3.31. The normalized spacial score (nSPS) is 10.0. The maximum Gasteiger partial charge on any atom is 0.257 e. The second-order valence-electron chi connectivity index (χ2n) is 4.53. The molecule has 1 aromatic carbocycles. The molecule has 108 valence electrons. The number of pyridine rings is 1. The molecule has 0 aliphatic rings. The standard InChI is InChI=1S/C15H14ClN3O2/c1-9-3-5-12(7-13(9)18-10(2)20)19-15(21)11-4-6-14(16)17-8-11/h3-8H,1-2H3,(H,18,20)(H,19,21). The molecular formula is C15H14ClN3O2. The first kappa shape index (κ1) is 15.0. The van der Waals surface area contributed by atoms with E-state index in [0.29, 0.717) is 22.1 Å². The number of anilines is 2. The van der Waals surface area contributed by atoms with Crippen molar-refractivity contribution in [3.05, 3.63) is 52.8 Å². The third-order valence-electron chi connectivity index (χ3n) is 2.80. The number of benzene rings is 1. The smallest absolute Gasteiger partial charge is 0.257 e. The first-order valence-corrected chi connectivity index (χ1v) is 6.64. The minimum Gasteiger partial charge on any atom is -0.326 e. The van der Waals surface area contributed by atoms with Gasteiger partial charge in [0.1, 0.15) is 5.15 Å². The lowest BCUT2D eigenvalue weighted by Gasteiger charge is -2.10. The molecule has 0 spiro atoms. The molecule has 2 rings (SSSR count). The molecule has 0 unspecified atom stereocenters. The summed E-state index contributed by atoms with van der Waals surface area (Å²) >= 11 is 5.68. The van der Waals surface area contributed by atoms with Gasteiger partial charge in [-0.2, -0.15) is 0 Å². The Hall–Kier alpha value is -2.40. The average Bonchev–Trinajstić information content (AvgIpc) is 2.42. The summed E-state index contributed by atoms with van der Waals surface area (Å²) in [6, 6.07) is 8.43. The van der Waals surface area contributed by atoms with E-state index in [1.807, 2.05) is 13.0 Å². The van der Waals surface area contributed by atoms with Crippen molar-refractivity contribution in [2.75, 3.05) is 10.6 Å². The zero-order chi connectivity index (χ0) is 15.4. The molecule has 21 heavy (non-hydrogen) atoms. The minimum atomic E-state index is -0.295. The maximum atomic E-state index is 12.1. The fourth-order valence-electron chi connectivity index (χ4n) is 1.74. The molecule has 0 aliphatic carbocycles. The van der Waals surface area contributed by atoms with Gasteiger partial charge in [-0.3, -0.25) is 9.59 Å². The van der Waals surface area contributed by atoms with Crippen molar-refractivity contribution < 1.29 is 9.59 Å². The van der Waals surface area contributed by atoms with Crippen LogP contribution in [0, 0.1) is 6.92 Å². The Labute approximate surface area is 127 Å². The van der Waals surface area contributed by atoms with E-state index >= 15 is 0 Å². The van der Waals surface area contributed by atoms with Gasteiger partial charge in [-0.05, 0) is 36.8 Å². The maximum absolute atomic E-state index is 12.1. The van der Waals surface area contributed by atoms with Gasteiger partial charge in [0.05, 0.1) is 5.56 Å². The number of rotatable bonds is 3. The van der Waals surface area contributed by atoms with E-state index in [0.717, 1.165) is 5.56 Å². The van der Waals surface area contributed by atoms with E-state index in [1.165, 1.54) is 13.1 Å². The SMILES string of the molecule is CC(=O)Nc1cc(NC(=O)c2ccc(Cl)nc2)ccc1C. The van der Waals surface area contributed by atoms with E-state index in [4.69, 9.17) is 11.6 Å². The van der Waals surface area contributed by atoms with Crippen LogP contribution in [-0.2, 0) is 4.79 Å². The number of nitrogens with one attached hydrogen (secondary N) is 2. The van der Waals surface area contributed by atoms with Crippen molar-refractivity contribution >= 4 is 34.8 Å². The van der Waals surface area contributed by atoms with Gasteiger partial charge in [0.2, 0.25) is 5.91 Å². The van der Waals surface area contributed by atoms with E-state index in [9.17, 15) is 9.59 Å². The van der Waals surface area contributed by atoms with Crippen LogP contribution in [0.5, 0.6) is 0 Å². The number of nitrogens with zero attached hydrogens (tertiary/aromatic N) is 1. The highest BCUT2D eigenvalue weighted by atomic mass is 35.5. The van der Waals surface area contributed by atoms with E-state index in [1.54, 1.807) is 24.3 Å². The lowest BCUT2D eigenvalue weighted by atomic mass is 10.1. The van der Waals surface area contributed by atoms with Gasteiger partial charge in [0.25, 0.3) is 5.91 Å². The van der Waals surface area contributed by atoms with Crippen LogP contribution in [0.3, 0.4) is 0 Å². The Kier molecular flexibility index (Phi) is 4.55. The Bertz CT molecular complexity index is 684. The lowest BCUT2D eigenvalue weighted by molar-refractivity contribution is -0.114. The van der Waals surface area contributed by atoms with Gasteiger partial charge in [-0.25, -0.2) is 4.98 Å². The molecule has 0 saturated heterocycles. The molecule has 0 fully saturated rings. The van der Waals surface area contributed by atoms with Crippen molar-refractivity contribution in [3.8, 4) is 0 Å². The molecule has 0 radical (unpaired) electrons. The van der Waals surface area contributed by atoms with Crippen molar-refractivity contribution in [3.63, 3.8) is 0 Å². The number of aromatic nitrogens is 1. The summed E-state index contributed by atoms with van der Waals surface area (Å²) < 4.78 is 0. The van der Waals surface area contributed by atoms with Crippen LogP contribution in [-0.4, -0.2) is 16.8 Å². The monoisotopic (exact) mass is 303 g/mol. The quantitative estimate of drug-likeness (QED) is 0.855. The zero-order valence-corrected chi connectivity index (χ0v) is 12.4. The molecule has 1 aromatic heterocycles. The summed E-state index contributed by atoms with van der Waals surface area (Å²) in [7, 11) is 0. The number of carbonyl (C=O) groups excluding carboxylic acids is 2. The van der Waals surface area contributed by atoms with Crippen LogP contribution < -0.4 is 10.6 Å². The molecule has 5 nitrogen and oxygen atoms in total. The van der Waals surface area contributed by atoms with Gasteiger partial charge >= 0.3 is 0 Å². The van der Waals surface area contributed by atoms with E-state index in [2.05, 4.69) is 15.6 Å². The van der Waals surface area contributed by atoms with Crippen LogP contribution in [0.15, 0.2) is 36.5 Å². The number of halogens is 1. The third kappa shape index (κ3) is 4.03. The summed E-state index contributed by atoms with van der Waals surface area (Å²) in [5.74, 6) is -0.458. The Morgan fingerprint density at radius 3 is 2.52 bits per heavy atom. The van der Waals surface area contributed by atoms with Gasteiger partial charge in [-0.15, -0.1) is 0 Å². The van der Waals surface area contributed by atoms with Crippen LogP contribution in [0.4, 0.5) is 11.4 Å². The first-order chi connectivity index (χ1) is 9.95. The van der Waals surface area contributed by atoms with Crippen LogP contribution in [0.1, 0.15) is 22.8 Å². The zero-order valence-electron chi connectivity index (χ0n) is 11.6. The number of carbonyl (C=O) groups is 2. The van der Waals surface area contributed by atoms with Crippen molar-refractivity contribution in [2.45, 2.75) is 13.8 Å². The molecule has 0 atom stereocenters. The summed E-state index contributed by atoms with van der Waals surface area (Å²) in [5, 5.41) is 5.79. The molecule has 2 N–H and O–H groups in total. The second-order valence-corrected chi connectivity index (χ2v) is 4.92. The fourth-order valence-corrected chi connectivity index (χ4v) is 1.85. The molecule has 1 heterocycles. The predicted octanol–water partition coefficient (Wildman–Crippen LogP) is 3.25. The van der Waals surface area contributed by atoms with Crippen LogP contribution in [0.25, 0.3) is 0 Å². The summed E-state index contributed by atoms with van der Waals surface area (Å²) in [4.78, 5) is 27.1. The largest absolute Gasteiger partial charge is 0.326 e. The Morgan fingerprint density at radius 2 is 1.90 bits per heavy atom. The van der Waals surface area contributed by atoms with Crippen LogP contribution >= 0.6 is 11.6 Å². The van der Waals surface area contributed by atoms with Crippen molar-refractivity contribution in [1.82, 2.24) is 4.98 Å². The molecule has 0 aliphatic heterocycles. The number of amides is 2.